The molecule has 27 heavy (non-hydrogen) atoms. The molecule has 1 aromatic heterocycles. The minimum atomic E-state index is -0.852. The van der Waals surface area contributed by atoms with Crippen LogP contribution in [0.3, 0.4) is 0 Å². The number of aromatic nitrogens is 3. The van der Waals surface area contributed by atoms with Crippen molar-refractivity contribution in [3.05, 3.63) is 47.5 Å². The molecule has 2 aliphatic rings. The van der Waals surface area contributed by atoms with Gasteiger partial charge in [0.25, 0.3) is 0 Å². The van der Waals surface area contributed by atoms with Gasteiger partial charge < -0.3 is 4.74 Å². The number of hydrogen-bond donors (Lipinski definition) is 0. The summed E-state index contributed by atoms with van der Waals surface area (Å²) in [5.41, 5.74) is 2.60. The highest BCUT2D eigenvalue weighted by molar-refractivity contribution is 7.85. The second-order valence-corrected chi connectivity index (χ2v) is 8.27. The largest absolute Gasteiger partial charge is 0.442 e. The minimum absolute atomic E-state index is 0.318. The molecule has 0 spiro atoms. The fourth-order valence-electron chi connectivity index (χ4n) is 3.30. The molecule has 0 radical (unpaired) electrons. The normalized spacial score (nSPS) is 22.7. The van der Waals surface area contributed by atoms with Crippen LogP contribution < -0.4 is 4.90 Å². The summed E-state index contributed by atoms with van der Waals surface area (Å²) in [6.07, 6.45) is 3.32. The summed E-state index contributed by atoms with van der Waals surface area (Å²) >= 11 is 0. The van der Waals surface area contributed by atoms with E-state index in [-0.39, 0.29) is 6.10 Å². The zero-order valence-electron chi connectivity index (χ0n) is 14.8. The second-order valence-electron chi connectivity index (χ2n) is 6.65. The van der Waals surface area contributed by atoms with E-state index < -0.39 is 22.7 Å². The molecular formula is C18H19FN4O3S. The van der Waals surface area contributed by atoms with E-state index in [1.807, 2.05) is 13.0 Å². The number of hydrogen-bond acceptors (Lipinski definition) is 5. The molecule has 0 N–H and O–H groups in total. The number of aryl methyl sites for hydroxylation is 1. The Morgan fingerprint density at radius 3 is 2.93 bits per heavy atom. The number of benzene rings is 1. The van der Waals surface area contributed by atoms with Crippen molar-refractivity contribution < 1.29 is 18.1 Å². The summed E-state index contributed by atoms with van der Waals surface area (Å²) in [7, 11) is -0.852. The van der Waals surface area contributed by atoms with E-state index in [9.17, 15) is 13.4 Å². The van der Waals surface area contributed by atoms with Crippen molar-refractivity contribution in [3.63, 3.8) is 0 Å². The Morgan fingerprint density at radius 2 is 2.26 bits per heavy atom. The number of ether oxygens (including phenoxy) is 1. The molecule has 1 amide bonds. The fourth-order valence-corrected chi connectivity index (χ4v) is 4.30. The molecule has 0 unspecified atom stereocenters. The van der Waals surface area contributed by atoms with Crippen LogP contribution in [0.2, 0.25) is 0 Å². The van der Waals surface area contributed by atoms with Gasteiger partial charge >= 0.3 is 6.09 Å². The van der Waals surface area contributed by atoms with Crippen LogP contribution in [0.25, 0.3) is 5.57 Å². The zero-order valence-corrected chi connectivity index (χ0v) is 15.6. The van der Waals surface area contributed by atoms with E-state index in [0.29, 0.717) is 42.3 Å². The number of nitrogens with zero attached hydrogens (tertiary/aromatic N) is 4. The van der Waals surface area contributed by atoms with Gasteiger partial charge in [-0.1, -0.05) is 11.3 Å². The van der Waals surface area contributed by atoms with Crippen LogP contribution in [0.5, 0.6) is 0 Å². The fraction of sp³-hybridized carbons (Fsp3) is 0.389. The molecule has 4 rings (SSSR count). The first-order valence-corrected chi connectivity index (χ1v) is 10.2. The lowest BCUT2D eigenvalue weighted by atomic mass is 10.0. The molecule has 7 nitrogen and oxygen atoms in total. The number of carbonyl (C=O) groups excluding carboxylic acids is 1. The molecule has 0 saturated carbocycles. The average Bonchev–Trinajstić information content (AvgIpc) is 3.21. The van der Waals surface area contributed by atoms with Gasteiger partial charge in [0.2, 0.25) is 0 Å². The van der Waals surface area contributed by atoms with Crippen molar-refractivity contribution in [3.8, 4) is 0 Å². The third-order valence-corrected chi connectivity index (χ3v) is 5.84. The lowest BCUT2D eigenvalue weighted by molar-refractivity contribution is 0.129. The smallest absolute Gasteiger partial charge is 0.414 e. The van der Waals surface area contributed by atoms with Gasteiger partial charge in [-0.2, -0.15) is 0 Å². The molecular weight excluding hydrogens is 371 g/mol. The van der Waals surface area contributed by atoms with Crippen LogP contribution in [-0.4, -0.2) is 49.5 Å². The topological polar surface area (TPSA) is 77.3 Å². The van der Waals surface area contributed by atoms with Gasteiger partial charge in [-0.15, -0.1) is 5.10 Å². The highest BCUT2D eigenvalue weighted by Gasteiger charge is 2.33. The van der Waals surface area contributed by atoms with Crippen molar-refractivity contribution in [2.45, 2.75) is 26.0 Å². The highest BCUT2D eigenvalue weighted by atomic mass is 32.2. The molecule has 1 saturated heterocycles. The number of rotatable bonds is 4. The van der Waals surface area contributed by atoms with E-state index in [1.54, 1.807) is 23.0 Å². The molecule has 2 aromatic rings. The number of halogens is 1. The van der Waals surface area contributed by atoms with E-state index in [2.05, 4.69) is 10.3 Å². The molecule has 2 atom stereocenters. The molecule has 9 heteroatoms. The lowest BCUT2D eigenvalue weighted by Gasteiger charge is -2.17. The van der Waals surface area contributed by atoms with Crippen molar-refractivity contribution in [1.82, 2.24) is 15.0 Å². The average molecular weight is 390 g/mol. The van der Waals surface area contributed by atoms with Gasteiger partial charge in [0.05, 0.1) is 24.5 Å². The summed E-state index contributed by atoms with van der Waals surface area (Å²) in [5.74, 6) is 0.613. The Kier molecular flexibility index (Phi) is 4.77. The van der Waals surface area contributed by atoms with E-state index in [1.165, 1.54) is 11.0 Å². The Bertz CT molecular complexity index is 942. The SMILES string of the molecule is Cc1cn(C[C@H]2CN(c3ccc(C4=CC[S@](=O)CC4)c(F)c3)C(=O)O2)nn1. The summed E-state index contributed by atoms with van der Waals surface area (Å²) in [6.45, 7) is 2.55. The monoisotopic (exact) mass is 390 g/mol. The summed E-state index contributed by atoms with van der Waals surface area (Å²) in [5, 5.41) is 7.86. The van der Waals surface area contributed by atoms with Crippen LogP contribution in [0.15, 0.2) is 30.5 Å². The zero-order chi connectivity index (χ0) is 19.0. The minimum Gasteiger partial charge on any atom is -0.442 e. The third-order valence-electron chi connectivity index (χ3n) is 4.64. The van der Waals surface area contributed by atoms with Crippen molar-refractivity contribution in [2.75, 3.05) is 23.0 Å². The maximum Gasteiger partial charge on any atom is 0.414 e. The quantitative estimate of drug-likeness (QED) is 0.801. The number of amides is 1. The van der Waals surface area contributed by atoms with Crippen LogP contribution in [0, 0.1) is 12.7 Å². The van der Waals surface area contributed by atoms with E-state index >= 15 is 0 Å². The molecule has 142 valence electrons. The van der Waals surface area contributed by atoms with Crippen LogP contribution in [0.4, 0.5) is 14.9 Å². The predicted molar refractivity (Wildman–Crippen MR) is 99.2 cm³/mol. The number of cyclic esters (lactones) is 1. The number of allylic oxidation sites excluding steroid dienone is 1. The summed E-state index contributed by atoms with van der Waals surface area (Å²) < 4.78 is 33.1. The van der Waals surface area contributed by atoms with Gasteiger partial charge in [-0.25, -0.2) is 13.9 Å². The van der Waals surface area contributed by atoms with E-state index in [4.69, 9.17) is 4.74 Å². The molecule has 1 fully saturated rings. The van der Waals surface area contributed by atoms with Crippen molar-refractivity contribution in [2.24, 2.45) is 0 Å². The van der Waals surface area contributed by atoms with Crippen LogP contribution in [-0.2, 0) is 22.1 Å². The third kappa shape index (κ3) is 3.78. The van der Waals surface area contributed by atoms with Crippen LogP contribution >= 0.6 is 0 Å². The maximum absolute atomic E-state index is 14.6. The molecule has 1 aromatic carbocycles. The summed E-state index contributed by atoms with van der Waals surface area (Å²) in [4.78, 5) is 13.6. The first-order chi connectivity index (χ1) is 13.0. The van der Waals surface area contributed by atoms with Crippen LogP contribution in [0.1, 0.15) is 17.7 Å². The standard InChI is InChI=1S/C18H19FN4O3S/c1-12-9-22(21-20-12)10-15-11-23(18(24)26-15)14-2-3-16(17(19)8-14)13-4-6-27(25)7-5-13/h2-4,8-9,15H,5-7,10-11H2,1H3/t15-,27-/m0/s1. The molecule has 3 heterocycles. The van der Waals surface area contributed by atoms with Gasteiger partial charge in [0, 0.05) is 34.1 Å². The highest BCUT2D eigenvalue weighted by Crippen LogP contribution is 2.29. The summed E-state index contributed by atoms with van der Waals surface area (Å²) in [6, 6.07) is 4.74. The number of anilines is 1. The number of carbonyl (C=O) groups is 1. The first-order valence-electron chi connectivity index (χ1n) is 8.68. The first kappa shape index (κ1) is 17.8. The molecule has 0 bridgehead atoms. The Hall–Kier alpha value is -2.55. The van der Waals surface area contributed by atoms with Gasteiger partial charge in [-0.3, -0.25) is 9.11 Å². The Labute approximate surface area is 158 Å². The second kappa shape index (κ2) is 7.22. The Balaban J connectivity index is 1.49. The lowest BCUT2D eigenvalue weighted by Crippen LogP contribution is -2.26. The predicted octanol–water partition coefficient (Wildman–Crippen LogP) is 2.29. The Morgan fingerprint density at radius 1 is 1.41 bits per heavy atom. The molecule has 2 aliphatic heterocycles. The van der Waals surface area contributed by atoms with Gasteiger partial charge in [-0.05, 0) is 37.1 Å². The maximum atomic E-state index is 14.6. The molecule has 0 aliphatic carbocycles. The van der Waals surface area contributed by atoms with Crippen molar-refractivity contribution >= 4 is 28.2 Å². The van der Waals surface area contributed by atoms with Gasteiger partial charge in [0.1, 0.15) is 11.9 Å². The van der Waals surface area contributed by atoms with E-state index in [0.717, 1.165) is 11.3 Å². The van der Waals surface area contributed by atoms with Gasteiger partial charge in [0.15, 0.2) is 0 Å². The van der Waals surface area contributed by atoms with Crippen molar-refractivity contribution in [1.29, 1.82) is 0 Å².